The van der Waals surface area contributed by atoms with E-state index in [0.717, 1.165) is 28.2 Å². The highest BCUT2D eigenvalue weighted by Crippen LogP contribution is 2.29. The van der Waals surface area contributed by atoms with E-state index in [1.165, 1.54) is 25.7 Å². The summed E-state index contributed by atoms with van der Waals surface area (Å²) in [7, 11) is 0. The number of benzene rings is 1. The molecule has 1 aromatic carbocycles. The Hall–Kier alpha value is -0.610. The van der Waals surface area contributed by atoms with Gasteiger partial charge in [0.15, 0.2) is 0 Å². The second-order valence-electron chi connectivity index (χ2n) is 4.57. The van der Waals surface area contributed by atoms with Crippen LogP contribution in [0.5, 0.6) is 0 Å². The first kappa shape index (κ1) is 12.8. The maximum atomic E-state index is 5.61. The third-order valence-corrected chi connectivity index (χ3v) is 4.22. The van der Waals surface area contributed by atoms with Gasteiger partial charge in [0.1, 0.15) is 4.99 Å². The van der Waals surface area contributed by atoms with Gasteiger partial charge in [0, 0.05) is 22.3 Å². The van der Waals surface area contributed by atoms with E-state index in [2.05, 4.69) is 21.2 Å². The molecule has 0 heterocycles. The number of nitrogens with two attached hydrogens (primary N) is 1. The molecule has 0 aromatic heterocycles. The van der Waals surface area contributed by atoms with Crippen LogP contribution < -0.4 is 11.1 Å². The zero-order valence-corrected chi connectivity index (χ0v) is 12.1. The molecule has 17 heavy (non-hydrogen) atoms. The highest BCUT2D eigenvalue weighted by Gasteiger charge is 2.16. The number of nitrogens with one attached hydrogen (secondary N) is 1. The SMILES string of the molecule is NC(=S)c1ccc(NCCC2CCC2)cc1Br. The quantitative estimate of drug-likeness (QED) is 0.814. The van der Waals surface area contributed by atoms with E-state index in [0.29, 0.717) is 4.99 Å². The van der Waals surface area contributed by atoms with Gasteiger partial charge in [0.25, 0.3) is 0 Å². The molecule has 0 atom stereocenters. The number of hydrogen-bond acceptors (Lipinski definition) is 2. The predicted molar refractivity (Wildman–Crippen MR) is 80.5 cm³/mol. The fraction of sp³-hybridized carbons (Fsp3) is 0.462. The summed E-state index contributed by atoms with van der Waals surface area (Å²) >= 11 is 8.45. The lowest BCUT2D eigenvalue weighted by atomic mass is 9.83. The second kappa shape index (κ2) is 5.83. The predicted octanol–water partition coefficient (Wildman–Crippen LogP) is 3.69. The van der Waals surface area contributed by atoms with Crippen LogP contribution in [0, 0.1) is 5.92 Å². The van der Waals surface area contributed by atoms with Gasteiger partial charge < -0.3 is 11.1 Å². The fourth-order valence-corrected chi connectivity index (χ4v) is 2.93. The summed E-state index contributed by atoms with van der Waals surface area (Å²) < 4.78 is 0.957. The van der Waals surface area contributed by atoms with Crippen LogP contribution in [-0.2, 0) is 0 Å². The van der Waals surface area contributed by atoms with Crippen molar-refractivity contribution in [2.75, 3.05) is 11.9 Å². The van der Waals surface area contributed by atoms with Crippen LogP contribution in [0.3, 0.4) is 0 Å². The van der Waals surface area contributed by atoms with Gasteiger partial charge >= 0.3 is 0 Å². The van der Waals surface area contributed by atoms with E-state index >= 15 is 0 Å². The van der Waals surface area contributed by atoms with Crippen molar-refractivity contribution in [1.29, 1.82) is 0 Å². The van der Waals surface area contributed by atoms with E-state index in [9.17, 15) is 0 Å². The normalized spacial score (nSPS) is 15.4. The molecule has 2 nitrogen and oxygen atoms in total. The van der Waals surface area contributed by atoms with E-state index in [-0.39, 0.29) is 0 Å². The van der Waals surface area contributed by atoms with Crippen molar-refractivity contribution in [1.82, 2.24) is 0 Å². The number of anilines is 1. The van der Waals surface area contributed by atoms with Crippen LogP contribution in [0.25, 0.3) is 0 Å². The minimum Gasteiger partial charge on any atom is -0.389 e. The van der Waals surface area contributed by atoms with Crippen LogP contribution >= 0.6 is 28.1 Å². The summed E-state index contributed by atoms with van der Waals surface area (Å²) in [5.74, 6) is 0.946. The molecule has 0 amide bonds. The first-order valence-electron chi connectivity index (χ1n) is 6.00. The Balaban J connectivity index is 1.88. The van der Waals surface area contributed by atoms with Crippen LogP contribution in [0.4, 0.5) is 5.69 Å². The monoisotopic (exact) mass is 312 g/mol. The Kier molecular flexibility index (Phi) is 4.40. The molecule has 4 heteroatoms. The molecule has 92 valence electrons. The van der Waals surface area contributed by atoms with Crippen molar-refractivity contribution in [2.24, 2.45) is 11.7 Å². The standard InChI is InChI=1S/C13H17BrN2S/c14-12-8-10(4-5-11(12)13(15)17)16-7-6-9-2-1-3-9/h4-5,8-9,16H,1-3,6-7H2,(H2,15,17). The Morgan fingerprint density at radius 2 is 2.24 bits per heavy atom. The van der Waals surface area contributed by atoms with Crippen LogP contribution in [0.2, 0.25) is 0 Å². The largest absolute Gasteiger partial charge is 0.389 e. The molecule has 3 N–H and O–H groups in total. The maximum absolute atomic E-state index is 5.61. The van der Waals surface area contributed by atoms with E-state index in [4.69, 9.17) is 18.0 Å². The molecule has 0 aliphatic heterocycles. The molecule has 0 bridgehead atoms. The van der Waals surface area contributed by atoms with Crippen LogP contribution in [0.1, 0.15) is 31.2 Å². The van der Waals surface area contributed by atoms with E-state index in [1.807, 2.05) is 18.2 Å². The van der Waals surface area contributed by atoms with Crippen molar-refractivity contribution < 1.29 is 0 Å². The van der Waals surface area contributed by atoms with Crippen LogP contribution in [-0.4, -0.2) is 11.5 Å². The second-order valence-corrected chi connectivity index (χ2v) is 5.87. The highest BCUT2D eigenvalue weighted by atomic mass is 79.9. The lowest BCUT2D eigenvalue weighted by Gasteiger charge is -2.25. The minimum atomic E-state index is 0.429. The van der Waals surface area contributed by atoms with Gasteiger partial charge in [-0.05, 0) is 46.5 Å². The Morgan fingerprint density at radius 3 is 2.76 bits per heavy atom. The molecule has 1 aromatic rings. The maximum Gasteiger partial charge on any atom is 0.105 e. The van der Waals surface area contributed by atoms with Crippen molar-refractivity contribution in [3.63, 3.8) is 0 Å². The molecule has 1 aliphatic rings. The lowest BCUT2D eigenvalue weighted by Crippen LogP contribution is -2.15. The van der Waals surface area contributed by atoms with E-state index < -0.39 is 0 Å². The fourth-order valence-electron chi connectivity index (χ4n) is 2.03. The molecule has 1 fully saturated rings. The summed E-state index contributed by atoms with van der Waals surface area (Å²) in [5.41, 5.74) is 7.63. The minimum absolute atomic E-state index is 0.429. The summed E-state index contributed by atoms with van der Waals surface area (Å²) in [5, 5.41) is 3.44. The number of halogens is 1. The third-order valence-electron chi connectivity index (χ3n) is 3.34. The number of hydrogen-bond donors (Lipinski definition) is 2. The molecule has 0 radical (unpaired) electrons. The van der Waals surface area contributed by atoms with Gasteiger partial charge in [0.2, 0.25) is 0 Å². The molecular weight excluding hydrogens is 296 g/mol. The Bertz CT molecular complexity index is 416. The topological polar surface area (TPSA) is 38.0 Å². The number of rotatable bonds is 5. The molecule has 0 spiro atoms. The summed E-state index contributed by atoms with van der Waals surface area (Å²) in [6, 6.07) is 6.02. The molecule has 0 unspecified atom stereocenters. The van der Waals surface area contributed by atoms with E-state index in [1.54, 1.807) is 0 Å². The summed E-state index contributed by atoms with van der Waals surface area (Å²) in [6.45, 7) is 1.05. The van der Waals surface area contributed by atoms with Gasteiger partial charge in [-0.25, -0.2) is 0 Å². The number of thiocarbonyl (C=S) groups is 1. The molecule has 2 rings (SSSR count). The van der Waals surface area contributed by atoms with Crippen molar-refractivity contribution in [2.45, 2.75) is 25.7 Å². The molecule has 1 aliphatic carbocycles. The molecular formula is C13H17BrN2S. The van der Waals surface area contributed by atoms with Gasteiger partial charge in [-0.1, -0.05) is 31.5 Å². The Morgan fingerprint density at radius 1 is 1.47 bits per heavy atom. The zero-order valence-electron chi connectivity index (χ0n) is 9.71. The zero-order chi connectivity index (χ0) is 12.3. The summed E-state index contributed by atoms with van der Waals surface area (Å²) in [6.07, 6.45) is 5.51. The van der Waals surface area contributed by atoms with Crippen LogP contribution in [0.15, 0.2) is 22.7 Å². The highest BCUT2D eigenvalue weighted by molar-refractivity contribution is 9.10. The van der Waals surface area contributed by atoms with Gasteiger partial charge in [0.05, 0.1) is 0 Å². The van der Waals surface area contributed by atoms with Crippen molar-refractivity contribution in [3.05, 3.63) is 28.2 Å². The smallest absolute Gasteiger partial charge is 0.105 e. The third kappa shape index (κ3) is 3.42. The van der Waals surface area contributed by atoms with Gasteiger partial charge in [-0.15, -0.1) is 0 Å². The van der Waals surface area contributed by atoms with Gasteiger partial charge in [-0.2, -0.15) is 0 Å². The summed E-state index contributed by atoms with van der Waals surface area (Å²) in [4.78, 5) is 0.429. The Labute approximate surface area is 116 Å². The lowest BCUT2D eigenvalue weighted by molar-refractivity contribution is 0.303. The molecule has 0 saturated heterocycles. The van der Waals surface area contributed by atoms with Gasteiger partial charge in [-0.3, -0.25) is 0 Å². The average Bonchev–Trinajstić information content (AvgIpc) is 2.21. The first-order chi connectivity index (χ1) is 8.16. The van der Waals surface area contributed by atoms with Crippen molar-refractivity contribution >= 4 is 38.8 Å². The van der Waals surface area contributed by atoms with Crippen molar-refractivity contribution in [3.8, 4) is 0 Å². The molecule has 1 saturated carbocycles. The first-order valence-corrected chi connectivity index (χ1v) is 7.20. The average molecular weight is 313 g/mol.